The second-order valence-electron chi connectivity index (χ2n) is 3.50. The van der Waals surface area contributed by atoms with E-state index in [4.69, 9.17) is 0 Å². The van der Waals surface area contributed by atoms with Gasteiger partial charge in [0, 0.05) is 0 Å². The van der Waals surface area contributed by atoms with E-state index in [1.165, 1.54) is 6.92 Å². The van der Waals surface area contributed by atoms with E-state index >= 15 is 0 Å². The van der Waals surface area contributed by atoms with Crippen molar-refractivity contribution < 1.29 is 22.7 Å². The van der Waals surface area contributed by atoms with E-state index < -0.39 is 36.0 Å². The fourth-order valence-electron chi connectivity index (χ4n) is 1.52. The van der Waals surface area contributed by atoms with Crippen molar-refractivity contribution in [3.05, 3.63) is 18.1 Å². The topological polar surface area (TPSA) is 55.3 Å². The fraction of sp³-hybridized carbons (Fsp3) is 0.444. The highest BCUT2D eigenvalue weighted by Crippen LogP contribution is 2.26. The van der Waals surface area contributed by atoms with Crippen LogP contribution < -0.4 is 4.90 Å². The third kappa shape index (κ3) is 2.02. The monoisotopic (exact) mass is 247 g/mol. The van der Waals surface area contributed by atoms with Crippen molar-refractivity contribution in [3.63, 3.8) is 0 Å². The zero-order chi connectivity index (χ0) is 12.6. The first-order valence-corrected chi connectivity index (χ1v) is 4.79. The lowest BCUT2D eigenvalue weighted by Gasteiger charge is -2.21. The Hall–Kier alpha value is -1.86. The van der Waals surface area contributed by atoms with Gasteiger partial charge in [-0.1, -0.05) is 0 Å². The van der Waals surface area contributed by atoms with Gasteiger partial charge in [-0.25, -0.2) is 23.5 Å². The number of aromatic nitrogens is 2. The van der Waals surface area contributed by atoms with E-state index in [0.717, 1.165) is 0 Å². The summed E-state index contributed by atoms with van der Waals surface area (Å²) in [5.74, 6) is -1.63. The molecule has 0 N–H and O–H groups in total. The molecule has 0 saturated carbocycles. The van der Waals surface area contributed by atoms with Crippen LogP contribution in [0.4, 0.5) is 23.8 Å². The number of cyclic esters (lactones) is 1. The highest BCUT2D eigenvalue weighted by Gasteiger charge is 2.40. The summed E-state index contributed by atoms with van der Waals surface area (Å²) in [6.45, 7) is 0.955. The van der Waals surface area contributed by atoms with Crippen molar-refractivity contribution in [2.24, 2.45) is 0 Å². The van der Waals surface area contributed by atoms with Crippen molar-refractivity contribution in [2.45, 2.75) is 19.1 Å². The first kappa shape index (κ1) is 11.6. The Morgan fingerprint density at radius 1 is 1.59 bits per heavy atom. The Morgan fingerprint density at radius 3 is 2.94 bits per heavy atom. The number of amides is 1. The summed E-state index contributed by atoms with van der Waals surface area (Å²) in [6, 6.07) is -1.02. The van der Waals surface area contributed by atoms with Gasteiger partial charge in [-0.05, 0) is 6.92 Å². The van der Waals surface area contributed by atoms with Crippen LogP contribution in [-0.4, -0.2) is 34.9 Å². The first-order valence-electron chi connectivity index (χ1n) is 4.79. The van der Waals surface area contributed by atoms with Crippen LogP contribution in [-0.2, 0) is 4.74 Å². The summed E-state index contributed by atoms with van der Waals surface area (Å²) in [6.07, 6.45) is -3.05. The molecular formula is C9H8F3N3O2. The van der Waals surface area contributed by atoms with Gasteiger partial charge >= 0.3 is 12.2 Å². The Morgan fingerprint density at radius 2 is 2.29 bits per heavy atom. The second-order valence-corrected chi connectivity index (χ2v) is 3.50. The molecule has 1 aliphatic heterocycles. The highest BCUT2D eigenvalue weighted by atomic mass is 19.1. The third-order valence-electron chi connectivity index (χ3n) is 2.36. The summed E-state index contributed by atoms with van der Waals surface area (Å²) >= 11 is 0. The molecule has 17 heavy (non-hydrogen) atoms. The van der Waals surface area contributed by atoms with E-state index in [1.807, 2.05) is 0 Å². The number of hydrogen-bond donors (Lipinski definition) is 0. The summed E-state index contributed by atoms with van der Waals surface area (Å²) in [5, 5.41) is 0. The zero-order valence-corrected chi connectivity index (χ0v) is 8.73. The maximum atomic E-state index is 13.4. The maximum absolute atomic E-state index is 13.4. The molecule has 1 aromatic rings. The maximum Gasteiger partial charge on any atom is 0.416 e. The van der Waals surface area contributed by atoms with Crippen molar-refractivity contribution in [3.8, 4) is 0 Å². The standard InChI is InChI=1S/C9H8F3N3O2/c1-4(10)6-3-17-9(16)15(6)7-5(11)2-13-8(12)14-7/h2,4,6H,3H2,1H3/t4-,6-/m1/s1. The predicted molar refractivity (Wildman–Crippen MR) is 50.1 cm³/mol. The molecule has 8 heteroatoms. The van der Waals surface area contributed by atoms with Gasteiger partial charge in [-0.3, -0.25) is 0 Å². The molecule has 0 unspecified atom stereocenters. The Kier molecular flexibility index (Phi) is 2.86. The molecule has 1 aromatic heterocycles. The Labute approximate surface area is 94.2 Å². The molecule has 2 heterocycles. The summed E-state index contributed by atoms with van der Waals surface area (Å²) in [7, 11) is 0. The highest BCUT2D eigenvalue weighted by molar-refractivity contribution is 5.89. The smallest absolute Gasteiger partial charge is 0.416 e. The third-order valence-corrected chi connectivity index (χ3v) is 2.36. The lowest BCUT2D eigenvalue weighted by molar-refractivity contribution is 0.174. The van der Waals surface area contributed by atoms with Crippen LogP contribution in [0.2, 0.25) is 0 Å². The van der Waals surface area contributed by atoms with Crippen molar-refractivity contribution >= 4 is 11.9 Å². The van der Waals surface area contributed by atoms with Crippen LogP contribution >= 0.6 is 0 Å². The van der Waals surface area contributed by atoms with Gasteiger partial charge < -0.3 is 4.74 Å². The quantitative estimate of drug-likeness (QED) is 0.742. The zero-order valence-electron chi connectivity index (χ0n) is 8.73. The van der Waals surface area contributed by atoms with Crippen LogP contribution in [0.25, 0.3) is 0 Å². The number of alkyl halides is 1. The van der Waals surface area contributed by atoms with Crippen LogP contribution in [0.15, 0.2) is 6.20 Å². The molecular weight excluding hydrogens is 239 g/mol. The van der Waals surface area contributed by atoms with Crippen molar-refractivity contribution in [1.29, 1.82) is 0 Å². The molecule has 0 aromatic carbocycles. The number of hydrogen-bond acceptors (Lipinski definition) is 4. The van der Waals surface area contributed by atoms with Gasteiger partial charge in [0.2, 0.25) is 0 Å². The van der Waals surface area contributed by atoms with E-state index in [0.29, 0.717) is 11.1 Å². The van der Waals surface area contributed by atoms with Crippen LogP contribution in [0.1, 0.15) is 6.92 Å². The Balaban J connectivity index is 2.42. The number of ether oxygens (including phenoxy) is 1. The molecule has 0 radical (unpaired) electrons. The molecule has 1 aliphatic rings. The minimum atomic E-state index is -1.46. The van der Waals surface area contributed by atoms with E-state index in [1.54, 1.807) is 0 Å². The number of halogens is 3. The van der Waals surface area contributed by atoms with E-state index in [9.17, 15) is 18.0 Å². The van der Waals surface area contributed by atoms with Crippen molar-refractivity contribution in [2.75, 3.05) is 11.5 Å². The number of carbonyl (C=O) groups is 1. The number of nitrogens with zero attached hydrogens (tertiary/aromatic N) is 3. The minimum Gasteiger partial charge on any atom is -0.447 e. The number of rotatable bonds is 2. The van der Waals surface area contributed by atoms with E-state index in [-0.39, 0.29) is 6.61 Å². The molecule has 2 rings (SSSR count). The van der Waals surface area contributed by atoms with Crippen LogP contribution in [0.3, 0.4) is 0 Å². The van der Waals surface area contributed by atoms with Gasteiger partial charge in [0.15, 0.2) is 11.6 Å². The molecule has 1 fully saturated rings. The molecule has 92 valence electrons. The second kappa shape index (κ2) is 4.19. The van der Waals surface area contributed by atoms with Gasteiger partial charge in [-0.2, -0.15) is 9.37 Å². The molecule has 0 aliphatic carbocycles. The van der Waals surface area contributed by atoms with Crippen LogP contribution in [0.5, 0.6) is 0 Å². The molecule has 1 amide bonds. The summed E-state index contributed by atoms with van der Waals surface area (Å²) in [5.41, 5.74) is 0. The molecule has 2 atom stereocenters. The Bertz CT molecular complexity index is 455. The summed E-state index contributed by atoms with van der Waals surface area (Å²) in [4.78, 5) is 18.1. The normalized spacial score (nSPS) is 21.5. The lowest BCUT2D eigenvalue weighted by atomic mass is 10.2. The molecule has 1 saturated heterocycles. The van der Waals surface area contributed by atoms with Crippen LogP contribution in [0, 0.1) is 11.9 Å². The number of carbonyl (C=O) groups excluding carboxylic acids is 1. The average Bonchev–Trinajstić information content (AvgIpc) is 2.64. The average molecular weight is 247 g/mol. The molecule has 0 spiro atoms. The largest absolute Gasteiger partial charge is 0.447 e. The lowest BCUT2D eigenvalue weighted by Crippen LogP contribution is -2.40. The van der Waals surface area contributed by atoms with Gasteiger partial charge in [-0.15, -0.1) is 0 Å². The van der Waals surface area contributed by atoms with Gasteiger partial charge in [0.25, 0.3) is 0 Å². The number of anilines is 1. The minimum absolute atomic E-state index is 0.235. The molecule has 5 nitrogen and oxygen atoms in total. The SMILES string of the molecule is C[C@@H](F)[C@H]1COC(=O)N1c1nc(F)ncc1F. The van der Waals surface area contributed by atoms with Gasteiger partial charge in [0.1, 0.15) is 18.8 Å². The fourth-order valence-corrected chi connectivity index (χ4v) is 1.52. The van der Waals surface area contributed by atoms with Crippen molar-refractivity contribution in [1.82, 2.24) is 9.97 Å². The summed E-state index contributed by atoms with van der Waals surface area (Å²) < 4.78 is 44.0. The molecule has 0 bridgehead atoms. The first-order chi connectivity index (χ1) is 8.00. The predicted octanol–water partition coefficient (Wildman–Crippen LogP) is 1.44. The van der Waals surface area contributed by atoms with Gasteiger partial charge in [0.05, 0.1) is 6.20 Å². The van der Waals surface area contributed by atoms with E-state index in [2.05, 4.69) is 14.7 Å².